The molecule has 25 heavy (non-hydrogen) atoms. The van der Waals surface area contributed by atoms with Gasteiger partial charge >= 0.3 is 0 Å². The maximum Gasteiger partial charge on any atom is 0.251 e. The summed E-state index contributed by atoms with van der Waals surface area (Å²) in [4.78, 5) is 34.9. The zero-order valence-electron chi connectivity index (χ0n) is 14.3. The van der Waals surface area contributed by atoms with Crippen LogP contribution in [-0.2, 0) is 16.0 Å². The van der Waals surface area contributed by atoms with E-state index in [0.717, 1.165) is 12.0 Å². The van der Waals surface area contributed by atoms with Crippen LogP contribution in [-0.4, -0.2) is 24.3 Å². The predicted molar refractivity (Wildman–Crippen MR) is 97.5 cm³/mol. The first-order valence-corrected chi connectivity index (χ1v) is 7.96. The first-order valence-electron chi connectivity index (χ1n) is 7.96. The molecule has 2 rings (SSSR count). The van der Waals surface area contributed by atoms with Gasteiger partial charge in [0, 0.05) is 37.3 Å². The van der Waals surface area contributed by atoms with Crippen LogP contribution in [0, 0.1) is 0 Å². The number of benzene rings is 2. The fraction of sp³-hybridized carbons (Fsp3) is 0.211. The lowest BCUT2D eigenvalue weighted by molar-refractivity contribution is -0.115. The van der Waals surface area contributed by atoms with Crippen LogP contribution < -0.4 is 16.0 Å². The van der Waals surface area contributed by atoms with Crippen molar-refractivity contribution in [2.75, 3.05) is 17.2 Å². The topological polar surface area (TPSA) is 87.3 Å². The molecule has 3 N–H and O–H groups in total. The highest BCUT2D eigenvalue weighted by molar-refractivity contribution is 5.99. The van der Waals surface area contributed by atoms with Gasteiger partial charge in [-0.1, -0.05) is 30.3 Å². The third-order valence-corrected chi connectivity index (χ3v) is 3.38. The second-order valence-electron chi connectivity index (χ2n) is 5.65. The van der Waals surface area contributed by atoms with E-state index in [0.29, 0.717) is 23.5 Å². The van der Waals surface area contributed by atoms with Gasteiger partial charge in [0.15, 0.2) is 0 Å². The van der Waals surface area contributed by atoms with Crippen LogP contribution >= 0.6 is 0 Å². The zero-order valence-corrected chi connectivity index (χ0v) is 14.3. The number of anilines is 2. The summed E-state index contributed by atoms with van der Waals surface area (Å²) in [5.41, 5.74) is 2.40. The molecule has 6 heteroatoms. The van der Waals surface area contributed by atoms with E-state index in [1.807, 2.05) is 30.3 Å². The summed E-state index contributed by atoms with van der Waals surface area (Å²) < 4.78 is 0. The molecule has 0 bridgehead atoms. The molecule has 2 aromatic carbocycles. The molecule has 130 valence electrons. The summed E-state index contributed by atoms with van der Waals surface area (Å²) in [6.07, 6.45) is 0.719. The van der Waals surface area contributed by atoms with Gasteiger partial charge in [-0.25, -0.2) is 0 Å². The van der Waals surface area contributed by atoms with Crippen LogP contribution in [0.15, 0.2) is 48.5 Å². The number of carbonyl (C=O) groups is 3. The molecular formula is C19H21N3O3. The normalized spacial score (nSPS) is 10.0. The average molecular weight is 339 g/mol. The van der Waals surface area contributed by atoms with Gasteiger partial charge in [-0.15, -0.1) is 0 Å². The molecule has 0 saturated heterocycles. The Morgan fingerprint density at radius 1 is 0.840 bits per heavy atom. The number of rotatable bonds is 6. The van der Waals surface area contributed by atoms with Gasteiger partial charge in [0.25, 0.3) is 5.91 Å². The molecule has 6 nitrogen and oxygen atoms in total. The number of hydrogen-bond acceptors (Lipinski definition) is 3. The van der Waals surface area contributed by atoms with Crippen LogP contribution in [0.2, 0.25) is 0 Å². The Bertz CT molecular complexity index is 738. The van der Waals surface area contributed by atoms with Crippen LogP contribution in [0.4, 0.5) is 11.4 Å². The summed E-state index contributed by atoms with van der Waals surface area (Å²) in [7, 11) is 0. The summed E-state index contributed by atoms with van der Waals surface area (Å²) in [6, 6.07) is 14.6. The Kier molecular flexibility index (Phi) is 6.28. The Balaban J connectivity index is 2.08. The standard InChI is InChI=1S/C19H21N3O3/c1-13(23)21-17-10-16(11-18(12-17)22-14(2)24)19(25)20-9-8-15-6-4-3-5-7-15/h3-7,10-12H,8-9H2,1-2H3,(H,20,25)(H,21,23)(H,22,24). The second kappa shape index (κ2) is 8.63. The summed E-state index contributed by atoms with van der Waals surface area (Å²) in [5.74, 6) is -0.777. The quantitative estimate of drug-likeness (QED) is 0.756. The second-order valence-corrected chi connectivity index (χ2v) is 5.65. The largest absolute Gasteiger partial charge is 0.352 e. The Labute approximate surface area is 146 Å². The first kappa shape index (κ1) is 18.2. The molecule has 0 aliphatic heterocycles. The molecule has 0 saturated carbocycles. The monoisotopic (exact) mass is 339 g/mol. The highest BCUT2D eigenvalue weighted by Gasteiger charge is 2.10. The summed E-state index contributed by atoms with van der Waals surface area (Å²) in [5, 5.41) is 8.09. The maximum absolute atomic E-state index is 12.4. The van der Waals surface area contributed by atoms with E-state index in [-0.39, 0.29) is 17.7 Å². The van der Waals surface area contributed by atoms with Crippen molar-refractivity contribution in [3.8, 4) is 0 Å². The zero-order chi connectivity index (χ0) is 18.2. The van der Waals surface area contributed by atoms with E-state index in [1.165, 1.54) is 13.8 Å². The van der Waals surface area contributed by atoms with Crippen LogP contribution in [0.5, 0.6) is 0 Å². The van der Waals surface area contributed by atoms with Crippen LogP contribution in [0.3, 0.4) is 0 Å². The van der Waals surface area contributed by atoms with E-state index in [4.69, 9.17) is 0 Å². The maximum atomic E-state index is 12.4. The Morgan fingerprint density at radius 2 is 1.40 bits per heavy atom. The van der Waals surface area contributed by atoms with Crippen molar-refractivity contribution < 1.29 is 14.4 Å². The summed E-state index contributed by atoms with van der Waals surface area (Å²) in [6.45, 7) is 3.25. The molecule has 0 aromatic heterocycles. The highest BCUT2D eigenvalue weighted by atomic mass is 16.2. The van der Waals surface area contributed by atoms with Crippen molar-refractivity contribution >= 4 is 29.1 Å². The molecule has 2 aromatic rings. The number of carbonyl (C=O) groups excluding carboxylic acids is 3. The van der Waals surface area contributed by atoms with Crippen molar-refractivity contribution in [2.45, 2.75) is 20.3 Å². The highest BCUT2D eigenvalue weighted by Crippen LogP contribution is 2.19. The van der Waals surface area contributed by atoms with E-state index < -0.39 is 0 Å². The van der Waals surface area contributed by atoms with E-state index in [9.17, 15) is 14.4 Å². The van der Waals surface area contributed by atoms with Gasteiger partial charge in [0.1, 0.15) is 0 Å². The van der Waals surface area contributed by atoms with Crippen molar-refractivity contribution in [3.63, 3.8) is 0 Å². The Hall–Kier alpha value is -3.15. The first-order chi connectivity index (χ1) is 11.9. The van der Waals surface area contributed by atoms with Gasteiger partial charge in [0.2, 0.25) is 11.8 Å². The molecule has 0 unspecified atom stereocenters. The third-order valence-electron chi connectivity index (χ3n) is 3.38. The third kappa shape index (κ3) is 6.10. The van der Waals surface area contributed by atoms with Crippen LogP contribution in [0.1, 0.15) is 29.8 Å². The molecule has 0 aliphatic rings. The molecule has 0 spiro atoms. The molecule has 0 atom stereocenters. The fourth-order valence-electron chi connectivity index (χ4n) is 2.38. The SMILES string of the molecule is CC(=O)Nc1cc(NC(C)=O)cc(C(=O)NCCc2ccccc2)c1. The van der Waals surface area contributed by atoms with Gasteiger partial charge < -0.3 is 16.0 Å². The van der Waals surface area contributed by atoms with Crippen molar-refractivity contribution in [3.05, 3.63) is 59.7 Å². The molecule has 0 fully saturated rings. The van der Waals surface area contributed by atoms with Crippen molar-refractivity contribution in [1.82, 2.24) is 5.32 Å². The number of amides is 3. The minimum Gasteiger partial charge on any atom is -0.352 e. The minimum atomic E-state index is -0.269. The summed E-state index contributed by atoms with van der Waals surface area (Å²) >= 11 is 0. The van der Waals surface area contributed by atoms with E-state index >= 15 is 0 Å². The minimum absolute atomic E-state index is 0.254. The van der Waals surface area contributed by atoms with E-state index in [1.54, 1.807) is 18.2 Å². The smallest absolute Gasteiger partial charge is 0.251 e. The van der Waals surface area contributed by atoms with Crippen LogP contribution in [0.25, 0.3) is 0 Å². The van der Waals surface area contributed by atoms with E-state index in [2.05, 4.69) is 16.0 Å². The number of nitrogens with one attached hydrogen (secondary N) is 3. The fourth-order valence-corrected chi connectivity index (χ4v) is 2.38. The Morgan fingerprint density at radius 3 is 1.92 bits per heavy atom. The van der Waals surface area contributed by atoms with Gasteiger partial charge in [-0.05, 0) is 30.2 Å². The lowest BCUT2D eigenvalue weighted by Gasteiger charge is -2.11. The molecule has 0 heterocycles. The van der Waals surface area contributed by atoms with Crippen molar-refractivity contribution in [1.29, 1.82) is 0 Å². The van der Waals surface area contributed by atoms with Crippen molar-refractivity contribution in [2.24, 2.45) is 0 Å². The number of hydrogen-bond donors (Lipinski definition) is 3. The molecular weight excluding hydrogens is 318 g/mol. The lowest BCUT2D eigenvalue weighted by atomic mass is 10.1. The van der Waals surface area contributed by atoms with Gasteiger partial charge in [-0.3, -0.25) is 14.4 Å². The van der Waals surface area contributed by atoms with Gasteiger partial charge in [0.05, 0.1) is 0 Å². The van der Waals surface area contributed by atoms with Gasteiger partial charge in [-0.2, -0.15) is 0 Å². The molecule has 0 aliphatic carbocycles. The average Bonchev–Trinajstić information content (AvgIpc) is 2.54. The molecule has 3 amide bonds. The lowest BCUT2D eigenvalue weighted by Crippen LogP contribution is -2.26. The molecule has 0 radical (unpaired) electrons. The predicted octanol–water partition coefficient (Wildman–Crippen LogP) is 2.58.